The fraction of sp³-hybridized carbons (Fsp3) is 0.667. The molecule has 0 spiro atoms. The first-order valence-electron chi connectivity index (χ1n) is 9.43. The molecule has 2 aromatic rings. The van der Waals surface area contributed by atoms with Crippen molar-refractivity contribution in [3.8, 4) is 0 Å². The number of hydrogen-bond acceptors (Lipinski definition) is 4. The van der Waals surface area contributed by atoms with Crippen LogP contribution < -0.4 is 11.2 Å². The summed E-state index contributed by atoms with van der Waals surface area (Å²) in [7, 11) is 0. The molecular formula is C18H26N4O4. The Balaban J connectivity index is 2.04. The predicted molar refractivity (Wildman–Crippen MR) is 97.5 cm³/mol. The molecule has 142 valence electrons. The van der Waals surface area contributed by atoms with Crippen LogP contribution >= 0.6 is 0 Å². The molecule has 8 nitrogen and oxygen atoms in total. The number of H-pyrrole nitrogens is 1. The van der Waals surface area contributed by atoms with Crippen molar-refractivity contribution in [2.75, 3.05) is 0 Å². The van der Waals surface area contributed by atoms with Crippen LogP contribution in [0.2, 0.25) is 0 Å². The van der Waals surface area contributed by atoms with E-state index in [1.54, 1.807) is 4.57 Å². The van der Waals surface area contributed by atoms with Crippen molar-refractivity contribution in [1.29, 1.82) is 0 Å². The van der Waals surface area contributed by atoms with Crippen LogP contribution in [0, 0.1) is 5.92 Å². The Bertz CT molecular complexity index is 916. The molecular weight excluding hydrogens is 336 g/mol. The molecule has 1 aliphatic rings. The van der Waals surface area contributed by atoms with E-state index in [2.05, 4.69) is 9.97 Å². The van der Waals surface area contributed by atoms with Gasteiger partial charge in [0.15, 0.2) is 5.65 Å². The van der Waals surface area contributed by atoms with Gasteiger partial charge in [-0.3, -0.25) is 18.7 Å². The average Bonchev–Trinajstić information content (AvgIpc) is 3.08. The molecule has 0 bridgehead atoms. The van der Waals surface area contributed by atoms with E-state index in [9.17, 15) is 14.4 Å². The summed E-state index contributed by atoms with van der Waals surface area (Å²) in [6.07, 6.45) is 4.13. The number of aromatic amines is 1. The van der Waals surface area contributed by atoms with Crippen LogP contribution in [0.5, 0.6) is 0 Å². The number of carbonyl (C=O) groups is 1. The fourth-order valence-electron chi connectivity index (χ4n) is 3.84. The van der Waals surface area contributed by atoms with Crippen LogP contribution in [0.1, 0.15) is 64.1 Å². The topological polar surface area (TPSA) is 110 Å². The first kappa shape index (κ1) is 18.4. The zero-order valence-corrected chi connectivity index (χ0v) is 15.3. The molecule has 2 N–H and O–H groups in total. The smallest absolute Gasteiger partial charge is 0.332 e. The van der Waals surface area contributed by atoms with Gasteiger partial charge < -0.3 is 10.1 Å². The van der Waals surface area contributed by atoms with Crippen molar-refractivity contribution < 1.29 is 9.90 Å². The number of hydrogen-bond donors (Lipinski definition) is 2. The minimum absolute atomic E-state index is 0.0993. The number of fused-ring (bicyclic) bond motifs is 1. The summed E-state index contributed by atoms with van der Waals surface area (Å²) in [5.41, 5.74) is 0.169. The van der Waals surface area contributed by atoms with E-state index in [4.69, 9.17) is 5.11 Å². The van der Waals surface area contributed by atoms with Crippen molar-refractivity contribution >= 4 is 17.1 Å². The largest absolute Gasteiger partial charge is 0.481 e. The molecule has 0 amide bonds. The van der Waals surface area contributed by atoms with E-state index in [1.807, 2.05) is 13.8 Å². The molecule has 1 fully saturated rings. The highest BCUT2D eigenvalue weighted by molar-refractivity contribution is 5.71. The van der Waals surface area contributed by atoms with Gasteiger partial charge in [-0.2, -0.15) is 0 Å². The third-order valence-electron chi connectivity index (χ3n) is 5.24. The first-order valence-corrected chi connectivity index (χ1v) is 9.43. The Kier molecular flexibility index (Phi) is 5.29. The minimum atomic E-state index is -0.743. The summed E-state index contributed by atoms with van der Waals surface area (Å²) in [6, 6.07) is 0. The van der Waals surface area contributed by atoms with E-state index in [-0.39, 0.29) is 23.1 Å². The quantitative estimate of drug-likeness (QED) is 0.817. The van der Waals surface area contributed by atoms with E-state index >= 15 is 0 Å². The third-order valence-corrected chi connectivity index (χ3v) is 5.24. The van der Waals surface area contributed by atoms with Crippen LogP contribution in [0.3, 0.4) is 0 Å². The number of carboxylic acid groups (broad SMARTS) is 1. The average molecular weight is 362 g/mol. The molecule has 8 heteroatoms. The Morgan fingerprint density at radius 1 is 1.12 bits per heavy atom. The zero-order chi connectivity index (χ0) is 18.8. The summed E-state index contributed by atoms with van der Waals surface area (Å²) in [6.45, 7) is 4.80. The molecule has 2 aromatic heterocycles. The zero-order valence-electron chi connectivity index (χ0n) is 15.3. The lowest BCUT2D eigenvalue weighted by Gasteiger charge is -2.24. The summed E-state index contributed by atoms with van der Waals surface area (Å²) < 4.78 is 2.86. The molecule has 3 rings (SSSR count). The Morgan fingerprint density at radius 2 is 1.73 bits per heavy atom. The molecule has 0 aromatic carbocycles. The number of aliphatic carboxylic acids is 1. The molecule has 2 heterocycles. The van der Waals surface area contributed by atoms with E-state index in [0.717, 1.165) is 19.3 Å². The van der Waals surface area contributed by atoms with Crippen molar-refractivity contribution in [2.24, 2.45) is 5.92 Å². The predicted octanol–water partition coefficient (Wildman–Crippen LogP) is 2.06. The van der Waals surface area contributed by atoms with Gasteiger partial charge in [0.1, 0.15) is 11.3 Å². The van der Waals surface area contributed by atoms with E-state index < -0.39 is 5.97 Å². The van der Waals surface area contributed by atoms with Crippen LogP contribution in [-0.2, 0) is 17.9 Å². The first-order chi connectivity index (χ1) is 12.5. The van der Waals surface area contributed by atoms with Gasteiger partial charge in [-0.15, -0.1) is 0 Å². The molecule has 0 aliphatic heterocycles. The van der Waals surface area contributed by atoms with E-state index in [0.29, 0.717) is 49.3 Å². The number of carboxylic acids is 1. The second kappa shape index (κ2) is 7.47. The summed E-state index contributed by atoms with van der Waals surface area (Å²) in [5, 5.41) is 9.15. The maximum Gasteiger partial charge on any atom is 0.332 e. The van der Waals surface area contributed by atoms with Crippen molar-refractivity contribution in [2.45, 2.75) is 71.4 Å². The van der Waals surface area contributed by atoms with E-state index in [1.165, 1.54) is 4.57 Å². The number of imidazole rings is 1. The highest BCUT2D eigenvalue weighted by Crippen LogP contribution is 2.35. The Morgan fingerprint density at radius 3 is 2.31 bits per heavy atom. The standard InChI is InChI=1S/C18H26N4O4/c1-3-9-21-15-13(16(23)22(10-4-2)18(21)26)19-14(20-15)11-5-7-12(8-6-11)17(24)25/h11-12H,3-10H2,1-2H3,(H,19,20)(H,24,25). The second-order valence-electron chi connectivity index (χ2n) is 7.10. The normalized spacial score (nSPS) is 20.5. The summed E-state index contributed by atoms with van der Waals surface area (Å²) in [4.78, 5) is 44.3. The molecule has 0 unspecified atom stereocenters. The van der Waals surface area contributed by atoms with Crippen LogP contribution in [-0.4, -0.2) is 30.2 Å². The fourth-order valence-corrected chi connectivity index (χ4v) is 3.84. The van der Waals surface area contributed by atoms with Gasteiger partial charge in [0.25, 0.3) is 5.56 Å². The SMILES string of the molecule is CCCn1c(=O)c2[nH]c(C3CCC(C(=O)O)CC3)nc2n(CCC)c1=O. The molecule has 26 heavy (non-hydrogen) atoms. The number of rotatable bonds is 6. The maximum atomic E-state index is 12.7. The summed E-state index contributed by atoms with van der Waals surface area (Å²) in [5.74, 6) is -0.246. The highest BCUT2D eigenvalue weighted by Gasteiger charge is 2.29. The lowest BCUT2D eigenvalue weighted by molar-refractivity contribution is -0.142. The van der Waals surface area contributed by atoms with Crippen LogP contribution in [0.4, 0.5) is 0 Å². The number of nitrogens with one attached hydrogen (secondary N) is 1. The van der Waals surface area contributed by atoms with Gasteiger partial charge in [-0.25, -0.2) is 9.78 Å². The lowest BCUT2D eigenvalue weighted by atomic mass is 9.82. The number of aromatic nitrogens is 4. The molecule has 1 aliphatic carbocycles. The van der Waals surface area contributed by atoms with Crippen molar-refractivity contribution in [3.05, 3.63) is 26.7 Å². The Labute approximate surface area is 150 Å². The molecule has 0 saturated heterocycles. The highest BCUT2D eigenvalue weighted by atomic mass is 16.4. The number of aryl methyl sites for hydroxylation is 1. The number of nitrogens with zero attached hydrogens (tertiary/aromatic N) is 3. The Hall–Kier alpha value is -2.38. The van der Waals surface area contributed by atoms with Crippen molar-refractivity contribution in [1.82, 2.24) is 19.1 Å². The molecule has 0 atom stereocenters. The van der Waals surface area contributed by atoms with Crippen LogP contribution in [0.25, 0.3) is 11.2 Å². The molecule has 1 saturated carbocycles. The minimum Gasteiger partial charge on any atom is -0.481 e. The van der Waals surface area contributed by atoms with Crippen LogP contribution in [0.15, 0.2) is 9.59 Å². The monoisotopic (exact) mass is 362 g/mol. The van der Waals surface area contributed by atoms with Crippen molar-refractivity contribution in [3.63, 3.8) is 0 Å². The lowest BCUT2D eigenvalue weighted by Crippen LogP contribution is -2.40. The van der Waals surface area contributed by atoms with Gasteiger partial charge in [-0.1, -0.05) is 13.8 Å². The third kappa shape index (κ3) is 3.20. The summed E-state index contributed by atoms with van der Waals surface area (Å²) >= 11 is 0. The second-order valence-corrected chi connectivity index (χ2v) is 7.10. The molecule has 0 radical (unpaired) electrons. The van der Waals surface area contributed by atoms with Gasteiger partial charge in [-0.05, 0) is 38.5 Å². The van der Waals surface area contributed by atoms with Gasteiger partial charge in [0.2, 0.25) is 0 Å². The van der Waals surface area contributed by atoms with Gasteiger partial charge in [0, 0.05) is 19.0 Å². The maximum absolute atomic E-state index is 12.7. The van der Waals surface area contributed by atoms with Gasteiger partial charge >= 0.3 is 11.7 Å². The van der Waals surface area contributed by atoms with Gasteiger partial charge in [0.05, 0.1) is 5.92 Å².